The second-order valence-corrected chi connectivity index (χ2v) is 8.46. The number of nitrogens with zero attached hydrogens (tertiary/aromatic N) is 4. The van der Waals surface area contributed by atoms with Gasteiger partial charge in [0.2, 0.25) is 11.9 Å². The largest absolute Gasteiger partial charge is 0.494 e. The van der Waals surface area contributed by atoms with E-state index in [9.17, 15) is 4.79 Å². The summed E-state index contributed by atoms with van der Waals surface area (Å²) >= 11 is 0. The van der Waals surface area contributed by atoms with Gasteiger partial charge in [-0.25, -0.2) is 9.97 Å². The van der Waals surface area contributed by atoms with Gasteiger partial charge in [0.1, 0.15) is 18.1 Å². The first-order valence-electron chi connectivity index (χ1n) is 11.5. The summed E-state index contributed by atoms with van der Waals surface area (Å²) in [6.07, 6.45) is 4.97. The molecule has 188 valence electrons. The van der Waals surface area contributed by atoms with Crippen molar-refractivity contribution in [3.63, 3.8) is 0 Å². The zero-order chi connectivity index (χ0) is 25.7. The Balaban J connectivity index is 0.00000380. The van der Waals surface area contributed by atoms with Gasteiger partial charge >= 0.3 is 0 Å². The molecule has 2 aromatic carbocycles. The topological polar surface area (TPSA) is 93.5 Å². The van der Waals surface area contributed by atoms with Crippen molar-refractivity contribution in [3.8, 4) is 22.8 Å². The average molecular weight is 489 g/mol. The maximum atomic E-state index is 12.1. The summed E-state index contributed by atoms with van der Waals surface area (Å²) in [6.45, 7) is 4.69. The minimum atomic E-state index is -0.349. The highest BCUT2D eigenvalue weighted by molar-refractivity contribution is 6.00. The lowest BCUT2D eigenvalue weighted by Crippen LogP contribution is -2.20. The first-order valence-corrected chi connectivity index (χ1v) is 11.5. The van der Waals surface area contributed by atoms with E-state index >= 15 is 0 Å². The number of methoxy groups -OCH3 is 1. The highest BCUT2D eigenvalue weighted by Gasteiger charge is 2.16. The van der Waals surface area contributed by atoms with Crippen LogP contribution in [0.5, 0.6) is 11.5 Å². The zero-order valence-electron chi connectivity index (χ0n) is 20.9. The monoisotopic (exact) mass is 488 g/mol. The molecule has 9 nitrogen and oxygen atoms in total. The third kappa shape index (κ3) is 5.47. The van der Waals surface area contributed by atoms with Gasteiger partial charge in [0, 0.05) is 49.9 Å². The molecule has 0 bridgehead atoms. The van der Waals surface area contributed by atoms with E-state index in [1.807, 2.05) is 44.2 Å². The van der Waals surface area contributed by atoms with Crippen LogP contribution in [0, 0.1) is 0 Å². The Kier molecular flexibility index (Phi) is 7.50. The van der Waals surface area contributed by atoms with Gasteiger partial charge in [0.25, 0.3) is 0 Å². The van der Waals surface area contributed by atoms with Crippen LogP contribution in [0.25, 0.3) is 22.2 Å². The normalized spacial score (nSPS) is 10.9. The van der Waals surface area contributed by atoms with Crippen molar-refractivity contribution in [2.75, 3.05) is 45.0 Å². The molecular formula is C27H32N6O3. The van der Waals surface area contributed by atoms with E-state index in [1.165, 1.54) is 6.08 Å². The lowest BCUT2D eigenvalue weighted by atomic mass is 10.1. The molecule has 0 aliphatic rings. The summed E-state index contributed by atoms with van der Waals surface area (Å²) < 4.78 is 13.6. The molecule has 0 radical (unpaired) electrons. The van der Waals surface area contributed by atoms with Crippen LogP contribution in [-0.2, 0) is 11.8 Å². The summed E-state index contributed by atoms with van der Waals surface area (Å²) in [4.78, 5) is 23.2. The number of aryl methyl sites for hydroxylation is 1. The average Bonchev–Trinajstić information content (AvgIpc) is 3.21. The van der Waals surface area contributed by atoms with Crippen LogP contribution in [0.3, 0.4) is 0 Å². The van der Waals surface area contributed by atoms with Crippen molar-refractivity contribution in [3.05, 3.63) is 67.5 Å². The van der Waals surface area contributed by atoms with E-state index in [4.69, 9.17) is 14.5 Å². The molecule has 1 amide bonds. The van der Waals surface area contributed by atoms with Gasteiger partial charge in [-0.05, 0) is 38.4 Å². The molecule has 0 aliphatic carbocycles. The van der Waals surface area contributed by atoms with Gasteiger partial charge in [-0.2, -0.15) is 0 Å². The molecule has 0 atom stereocenters. The summed E-state index contributed by atoms with van der Waals surface area (Å²) in [7, 11) is 7.51. The number of likely N-dealkylation sites (N-methyl/N-ethyl adjacent to an activating group) is 1. The number of anilines is 3. The Hall–Kier alpha value is -4.37. The number of carbonyl (C=O) groups is 1. The van der Waals surface area contributed by atoms with E-state index in [2.05, 4.69) is 45.1 Å². The number of hydrogen-bond donors (Lipinski definition) is 2. The Morgan fingerprint density at radius 1 is 1.19 bits per heavy atom. The molecule has 0 aliphatic heterocycles. The standard InChI is InChI=1S/C27H30N6O3.H2/c1-6-26(34)29-22-15-21(24(35-5)16-25(22)36-14-13-32(2)3)31-27-28-12-11-20(30-27)19-17-33(4)23-10-8-7-9-18(19)23;/h6-12,15-17H,1,13-14H2,2-5H3,(H,29,34)(H,28,30,31);1H. The third-order valence-electron chi connectivity index (χ3n) is 5.62. The number of amides is 1. The van der Waals surface area contributed by atoms with Crippen LogP contribution in [0.2, 0.25) is 0 Å². The third-order valence-corrected chi connectivity index (χ3v) is 5.62. The molecule has 0 saturated carbocycles. The molecule has 2 heterocycles. The molecule has 0 saturated heterocycles. The van der Waals surface area contributed by atoms with E-state index in [-0.39, 0.29) is 7.33 Å². The minimum absolute atomic E-state index is 0. The summed E-state index contributed by atoms with van der Waals surface area (Å²) in [5.74, 6) is 1.05. The van der Waals surface area contributed by atoms with Crippen molar-refractivity contribution in [1.29, 1.82) is 0 Å². The highest BCUT2D eigenvalue weighted by atomic mass is 16.5. The molecule has 0 fully saturated rings. The maximum Gasteiger partial charge on any atom is 0.247 e. The summed E-state index contributed by atoms with van der Waals surface area (Å²) in [5, 5.41) is 7.14. The SMILES string of the molecule is C=CC(=O)Nc1cc(Nc2nccc(-c3cn(C)c4ccccc34)n2)c(OC)cc1OCCN(C)C.[HH]. The smallest absolute Gasteiger partial charge is 0.247 e. The molecule has 4 aromatic rings. The quantitative estimate of drug-likeness (QED) is 0.313. The lowest BCUT2D eigenvalue weighted by molar-refractivity contribution is -0.111. The predicted octanol–water partition coefficient (Wildman–Crippen LogP) is 4.70. The Morgan fingerprint density at radius 3 is 2.75 bits per heavy atom. The fourth-order valence-corrected chi connectivity index (χ4v) is 3.80. The Morgan fingerprint density at radius 2 is 2.00 bits per heavy atom. The van der Waals surface area contributed by atoms with Gasteiger partial charge in [0.05, 0.1) is 24.2 Å². The van der Waals surface area contributed by atoms with Crippen LogP contribution in [0.4, 0.5) is 17.3 Å². The summed E-state index contributed by atoms with van der Waals surface area (Å²) in [6, 6.07) is 13.5. The molecule has 0 spiro atoms. The van der Waals surface area contributed by atoms with Gasteiger partial charge in [-0.1, -0.05) is 24.8 Å². The summed E-state index contributed by atoms with van der Waals surface area (Å²) in [5.41, 5.74) is 3.97. The van der Waals surface area contributed by atoms with Crippen LogP contribution >= 0.6 is 0 Å². The molecule has 36 heavy (non-hydrogen) atoms. The van der Waals surface area contributed by atoms with Gasteiger partial charge in [0.15, 0.2) is 0 Å². The number of fused-ring (bicyclic) bond motifs is 1. The van der Waals surface area contributed by atoms with Crippen LogP contribution in [-0.4, -0.2) is 59.7 Å². The molecule has 0 unspecified atom stereocenters. The molecular weight excluding hydrogens is 456 g/mol. The predicted molar refractivity (Wildman–Crippen MR) is 145 cm³/mol. The van der Waals surface area contributed by atoms with Gasteiger partial charge < -0.3 is 29.6 Å². The van der Waals surface area contributed by atoms with Gasteiger partial charge in [-0.3, -0.25) is 4.79 Å². The molecule has 2 aromatic heterocycles. The molecule has 9 heteroatoms. The van der Waals surface area contributed by atoms with E-state index in [1.54, 1.807) is 25.4 Å². The number of benzene rings is 2. The number of carbonyl (C=O) groups excluding carboxylic acids is 1. The van der Waals surface area contributed by atoms with E-state index < -0.39 is 0 Å². The number of para-hydroxylation sites is 1. The number of rotatable bonds is 10. The lowest BCUT2D eigenvalue weighted by Gasteiger charge is -2.18. The van der Waals surface area contributed by atoms with Crippen molar-refractivity contribution in [1.82, 2.24) is 19.4 Å². The zero-order valence-corrected chi connectivity index (χ0v) is 20.9. The number of aromatic nitrogens is 3. The Bertz CT molecular complexity index is 1400. The van der Waals surface area contributed by atoms with Crippen LogP contribution in [0.1, 0.15) is 1.43 Å². The fourth-order valence-electron chi connectivity index (χ4n) is 3.80. The fraction of sp³-hybridized carbons (Fsp3) is 0.222. The highest BCUT2D eigenvalue weighted by Crippen LogP contribution is 2.38. The minimum Gasteiger partial charge on any atom is -0.494 e. The van der Waals surface area contributed by atoms with E-state index in [0.717, 1.165) is 22.2 Å². The number of ether oxygens (including phenoxy) is 2. The van der Waals surface area contributed by atoms with Crippen molar-refractivity contribution in [2.45, 2.75) is 0 Å². The van der Waals surface area contributed by atoms with Crippen LogP contribution in [0.15, 0.2) is 67.5 Å². The van der Waals surface area contributed by atoms with Crippen LogP contribution < -0.4 is 20.1 Å². The second-order valence-electron chi connectivity index (χ2n) is 8.46. The first kappa shape index (κ1) is 24.7. The second kappa shape index (κ2) is 10.9. The van der Waals surface area contributed by atoms with Crippen molar-refractivity contribution in [2.24, 2.45) is 7.05 Å². The van der Waals surface area contributed by atoms with Gasteiger partial charge in [-0.15, -0.1) is 0 Å². The van der Waals surface area contributed by atoms with E-state index in [0.29, 0.717) is 42.0 Å². The van der Waals surface area contributed by atoms with Crippen molar-refractivity contribution >= 4 is 34.1 Å². The first-order chi connectivity index (χ1) is 17.4. The number of hydrogen-bond acceptors (Lipinski definition) is 7. The maximum absolute atomic E-state index is 12.1. The molecule has 2 N–H and O–H groups in total. The van der Waals surface area contributed by atoms with Crippen molar-refractivity contribution < 1.29 is 15.7 Å². The number of nitrogens with one attached hydrogen (secondary N) is 2. The Labute approximate surface area is 211 Å². The molecule has 4 rings (SSSR count).